The molecule has 4 heterocycles. The highest BCUT2D eigenvalue weighted by Crippen LogP contribution is 2.48. The molecule has 6 heteroatoms. The Bertz CT molecular complexity index is 4600. The van der Waals surface area contributed by atoms with E-state index in [1.54, 1.807) is 0 Å². The van der Waals surface area contributed by atoms with Gasteiger partial charge in [0, 0.05) is 49.1 Å². The number of rotatable bonds is 8. The molecule has 0 spiro atoms. The zero-order valence-corrected chi connectivity index (χ0v) is 40.6. The van der Waals surface area contributed by atoms with Gasteiger partial charge in [-0.05, 0) is 106 Å². The lowest BCUT2D eigenvalue weighted by Gasteiger charge is -2.25. The molecule has 1 aliphatic rings. The van der Waals surface area contributed by atoms with Crippen molar-refractivity contribution in [3.63, 3.8) is 0 Å². The van der Waals surface area contributed by atoms with Crippen molar-refractivity contribution in [1.82, 2.24) is 14.5 Å². The second-order valence-electron chi connectivity index (χ2n) is 19.3. The van der Waals surface area contributed by atoms with Gasteiger partial charge in [-0.1, -0.05) is 194 Å². The van der Waals surface area contributed by atoms with E-state index in [2.05, 4.69) is 245 Å². The molecule has 15 rings (SSSR count). The van der Waals surface area contributed by atoms with Gasteiger partial charge in [-0.3, -0.25) is 0 Å². The van der Waals surface area contributed by atoms with Crippen molar-refractivity contribution in [2.45, 2.75) is 6.17 Å². The van der Waals surface area contributed by atoms with Crippen LogP contribution in [0.1, 0.15) is 22.9 Å². The van der Waals surface area contributed by atoms with Crippen LogP contribution in [-0.4, -0.2) is 20.8 Å². The first-order chi connectivity index (χ1) is 37.2. The number of hydrogen-bond donors (Lipinski definition) is 1. The Morgan fingerprint density at radius 1 is 0.360 bits per heavy atom. The van der Waals surface area contributed by atoms with E-state index in [4.69, 9.17) is 14.4 Å². The van der Waals surface area contributed by atoms with Gasteiger partial charge in [0.25, 0.3) is 0 Å². The van der Waals surface area contributed by atoms with Gasteiger partial charge in [0.2, 0.25) is 0 Å². The maximum Gasteiger partial charge on any atom is 0.159 e. The Morgan fingerprint density at radius 3 is 1.71 bits per heavy atom. The summed E-state index contributed by atoms with van der Waals surface area (Å²) in [7, 11) is 0. The summed E-state index contributed by atoms with van der Waals surface area (Å²) in [6.45, 7) is 0. The summed E-state index contributed by atoms with van der Waals surface area (Å²) in [5, 5.41) is 10.7. The normalized spacial score (nSPS) is 13.7. The maximum absolute atomic E-state index is 6.53. The first-order valence-electron chi connectivity index (χ1n) is 25.5. The zero-order valence-electron chi connectivity index (χ0n) is 40.6. The number of amidine groups is 2. The van der Waals surface area contributed by atoms with Gasteiger partial charge in [0.05, 0.1) is 27.8 Å². The minimum atomic E-state index is -0.362. The summed E-state index contributed by atoms with van der Waals surface area (Å²) in [6, 6.07) is 93.1. The van der Waals surface area contributed by atoms with Crippen LogP contribution >= 0.6 is 0 Å². The summed E-state index contributed by atoms with van der Waals surface area (Å²) >= 11 is 0. The molecule has 14 aromatic rings. The molecule has 1 atom stereocenters. The number of para-hydroxylation sites is 4. The number of hydrogen-bond acceptors (Lipinski definition) is 4. The number of aromatic nitrogens is 2. The van der Waals surface area contributed by atoms with E-state index in [0.29, 0.717) is 5.84 Å². The van der Waals surface area contributed by atoms with Crippen molar-refractivity contribution in [3.05, 3.63) is 278 Å². The lowest BCUT2D eigenvalue weighted by molar-refractivity contribution is 0.669. The van der Waals surface area contributed by atoms with Crippen molar-refractivity contribution in [1.29, 1.82) is 0 Å². The predicted molar refractivity (Wildman–Crippen MR) is 311 cm³/mol. The largest absolute Gasteiger partial charge is 0.456 e. The molecule has 1 N–H and O–H groups in total. The Labute approximate surface area is 432 Å². The van der Waals surface area contributed by atoms with E-state index < -0.39 is 0 Å². The van der Waals surface area contributed by atoms with Crippen LogP contribution < -0.4 is 5.32 Å². The SMILES string of the molecule is c1ccc(C2=NC(c3ccccc3)NC(c3ccc(-c4ccccc4)cc3-n3c4ccccc4c4c(-c5cc(-c6cccc7oc8ccccc8c67)cc6c5c5ccccc5n6-c5ccccc5)cccc43)=N2)cc1. The lowest BCUT2D eigenvalue weighted by Crippen LogP contribution is -2.34. The molecule has 0 saturated heterocycles. The van der Waals surface area contributed by atoms with Gasteiger partial charge in [-0.15, -0.1) is 0 Å². The van der Waals surface area contributed by atoms with Gasteiger partial charge < -0.3 is 18.9 Å². The minimum Gasteiger partial charge on any atom is -0.456 e. The summed E-state index contributed by atoms with van der Waals surface area (Å²) in [6.07, 6.45) is -0.362. The summed E-state index contributed by atoms with van der Waals surface area (Å²) in [5.74, 6) is 1.43. The van der Waals surface area contributed by atoms with Crippen molar-refractivity contribution in [3.8, 4) is 44.8 Å². The highest BCUT2D eigenvalue weighted by molar-refractivity contribution is 6.24. The maximum atomic E-state index is 6.53. The predicted octanol–water partition coefficient (Wildman–Crippen LogP) is 17.3. The zero-order chi connectivity index (χ0) is 49.4. The fourth-order valence-corrected chi connectivity index (χ4v) is 11.7. The molecule has 11 aromatic carbocycles. The molecule has 3 aromatic heterocycles. The molecule has 0 amide bonds. The van der Waals surface area contributed by atoms with E-state index in [1.807, 2.05) is 30.3 Å². The Balaban J connectivity index is 1.03. The van der Waals surface area contributed by atoms with Gasteiger partial charge in [0.15, 0.2) is 5.84 Å². The molecular weight excluding hydrogens is 915 g/mol. The van der Waals surface area contributed by atoms with Gasteiger partial charge >= 0.3 is 0 Å². The second kappa shape index (κ2) is 17.3. The third kappa shape index (κ3) is 6.95. The van der Waals surface area contributed by atoms with E-state index in [9.17, 15) is 0 Å². The Morgan fingerprint density at radius 2 is 0.947 bits per heavy atom. The molecule has 0 radical (unpaired) electrons. The van der Waals surface area contributed by atoms with Gasteiger partial charge in [0.1, 0.15) is 23.2 Å². The molecular formula is C69H45N5O. The summed E-state index contributed by atoms with van der Waals surface area (Å²) in [4.78, 5) is 10.6. The van der Waals surface area contributed by atoms with Gasteiger partial charge in [-0.2, -0.15) is 0 Å². The average Bonchev–Trinajstić information content (AvgIpc) is 4.22. The second-order valence-corrected chi connectivity index (χ2v) is 19.3. The monoisotopic (exact) mass is 959 g/mol. The standard InChI is InChI=1S/C69H45N5O/c1-5-21-44(22-6-1)47-39-40-54(69-71-67(45-23-7-2-8-24-45)70-68(72-69)46-25-9-3-10-26-46)60(42-47)74-58-35-17-14-30-53(58)64-51(33-19-36-59(64)74)56-41-48(50-32-20-38-63-66(50)55-31-15-18-37-62(55)75-63)43-61-65(56)52-29-13-16-34-57(52)73(61)49-27-11-4-12-28-49/h1-43,67H,(H,70,71,72). The molecule has 6 nitrogen and oxygen atoms in total. The molecule has 0 saturated carbocycles. The number of fused-ring (bicyclic) bond motifs is 9. The smallest absolute Gasteiger partial charge is 0.159 e. The van der Waals surface area contributed by atoms with Gasteiger partial charge in [-0.25, -0.2) is 9.98 Å². The van der Waals surface area contributed by atoms with E-state index in [0.717, 1.165) is 117 Å². The van der Waals surface area contributed by atoms with Crippen LogP contribution in [0.5, 0.6) is 0 Å². The summed E-state index contributed by atoms with van der Waals surface area (Å²) < 4.78 is 11.4. The van der Waals surface area contributed by atoms with Crippen LogP contribution in [-0.2, 0) is 0 Å². The topological polar surface area (TPSA) is 59.8 Å². The molecule has 0 aliphatic carbocycles. The van der Waals surface area contributed by atoms with E-state index in [-0.39, 0.29) is 6.17 Å². The minimum absolute atomic E-state index is 0.362. The van der Waals surface area contributed by atoms with Crippen molar-refractivity contribution in [2.75, 3.05) is 0 Å². The molecule has 1 unspecified atom stereocenters. The highest BCUT2D eigenvalue weighted by atomic mass is 16.3. The fraction of sp³-hybridized carbons (Fsp3) is 0.0145. The summed E-state index contributed by atoms with van der Waals surface area (Å²) in [5.41, 5.74) is 18.0. The first-order valence-corrected chi connectivity index (χ1v) is 25.5. The number of nitrogens with zero attached hydrogens (tertiary/aromatic N) is 4. The Kier molecular flexibility index (Phi) is 9.85. The fourth-order valence-electron chi connectivity index (χ4n) is 11.7. The number of nitrogens with one attached hydrogen (secondary N) is 1. The van der Waals surface area contributed by atoms with Crippen LogP contribution in [0.3, 0.4) is 0 Å². The first kappa shape index (κ1) is 42.6. The number of furan rings is 1. The van der Waals surface area contributed by atoms with Crippen molar-refractivity contribution >= 4 is 77.2 Å². The number of benzene rings is 11. The van der Waals surface area contributed by atoms with Crippen molar-refractivity contribution < 1.29 is 4.42 Å². The molecule has 75 heavy (non-hydrogen) atoms. The van der Waals surface area contributed by atoms with Crippen LogP contribution in [0.25, 0.3) is 110 Å². The van der Waals surface area contributed by atoms with Crippen LogP contribution in [0.15, 0.2) is 275 Å². The van der Waals surface area contributed by atoms with E-state index >= 15 is 0 Å². The number of aliphatic imine (C=N–C) groups is 2. The third-order valence-electron chi connectivity index (χ3n) is 15.0. The van der Waals surface area contributed by atoms with E-state index in [1.165, 1.54) is 16.2 Å². The molecule has 0 bridgehead atoms. The lowest BCUT2D eigenvalue weighted by atomic mass is 9.90. The molecule has 352 valence electrons. The third-order valence-corrected chi connectivity index (χ3v) is 15.0. The highest BCUT2D eigenvalue weighted by Gasteiger charge is 2.27. The van der Waals surface area contributed by atoms with Crippen molar-refractivity contribution in [2.24, 2.45) is 9.98 Å². The van der Waals surface area contributed by atoms with Crippen LogP contribution in [0, 0.1) is 0 Å². The van der Waals surface area contributed by atoms with Crippen LogP contribution in [0.4, 0.5) is 0 Å². The Hall–Kier alpha value is -10.0. The average molecular weight is 960 g/mol. The quantitative estimate of drug-likeness (QED) is 0.165. The van der Waals surface area contributed by atoms with Crippen LogP contribution in [0.2, 0.25) is 0 Å². The molecule has 0 fully saturated rings. The molecule has 1 aliphatic heterocycles.